The van der Waals surface area contributed by atoms with Gasteiger partial charge in [0, 0.05) is 12.1 Å². The number of halogens is 1. The second-order valence-corrected chi connectivity index (χ2v) is 9.86. The third kappa shape index (κ3) is 7.67. The Hall–Kier alpha value is -1.77. The molecule has 2 aromatic rings. The molecule has 3 heteroatoms. The van der Waals surface area contributed by atoms with E-state index in [1.165, 1.54) is 82.6 Å². The summed E-state index contributed by atoms with van der Waals surface area (Å²) in [6.07, 6.45) is 20.7. The number of aromatic nitrogens is 2. The first-order valence-electron chi connectivity index (χ1n) is 13.3. The fraction of sp³-hybridized carbons (Fsp3) is 0.655. The highest BCUT2D eigenvalue weighted by Crippen LogP contribution is 2.36. The van der Waals surface area contributed by atoms with Crippen LogP contribution >= 0.6 is 0 Å². The van der Waals surface area contributed by atoms with Crippen LogP contribution in [0.25, 0.3) is 11.1 Å². The molecule has 0 atom stereocenters. The number of nitrogens with zero attached hydrogens (tertiary/aromatic N) is 2. The van der Waals surface area contributed by atoms with Crippen molar-refractivity contribution < 1.29 is 4.39 Å². The highest BCUT2D eigenvalue weighted by molar-refractivity contribution is 5.62. The summed E-state index contributed by atoms with van der Waals surface area (Å²) in [5.41, 5.74) is 2.73. The Kier molecular flexibility index (Phi) is 10.6. The summed E-state index contributed by atoms with van der Waals surface area (Å²) in [5.74, 6) is 1.49. The summed E-state index contributed by atoms with van der Waals surface area (Å²) in [7, 11) is 0. The number of hydrogen-bond acceptors (Lipinski definition) is 2. The van der Waals surface area contributed by atoms with Gasteiger partial charge in [0.2, 0.25) is 5.95 Å². The maximum atomic E-state index is 14.8. The van der Waals surface area contributed by atoms with E-state index < -0.39 is 0 Å². The van der Waals surface area contributed by atoms with E-state index in [9.17, 15) is 4.39 Å². The molecule has 176 valence electrons. The maximum absolute atomic E-state index is 14.8. The average molecular weight is 439 g/mol. The van der Waals surface area contributed by atoms with Crippen molar-refractivity contribution in [3.05, 3.63) is 47.8 Å². The van der Waals surface area contributed by atoms with Crippen LogP contribution in [0, 0.1) is 11.9 Å². The minimum Gasteiger partial charge on any atom is -0.240 e. The van der Waals surface area contributed by atoms with Gasteiger partial charge in [0.25, 0.3) is 0 Å². The van der Waals surface area contributed by atoms with Gasteiger partial charge in [-0.15, -0.1) is 0 Å². The molecule has 1 aliphatic rings. The van der Waals surface area contributed by atoms with Crippen molar-refractivity contribution in [2.45, 2.75) is 116 Å². The van der Waals surface area contributed by atoms with Crippen molar-refractivity contribution in [3.63, 3.8) is 0 Å². The van der Waals surface area contributed by atoms with Crippen LogP contribution in [0.5, 0.6) is 0 Å². The molecule has 1 heterocycles. The molecule has 0 amide bonds. The van der Waals surface area contributed by atoms with E-state index in [0.717, 1.165) is 30.7 Å². The molecular weight excluding hydrogens is 395 g/mol. The van der Waals surface area contributed by atoms with Crippen molar-refractivity contribution in [3.8, 4) is 11.1 Å². The highest BCUT2D eigenvalue weighted by atomic mass is 19.1. The lowest BCUT2D eigenvalue weighted by molar-refractivity contribution is 0.301. The van der Waals surface area contributed by atoms with Gasteiger partial charge in [-0.25, -0.2) is 9.97 Å². The van der Waals surface area contributed by atoms with E-state index >= 15 is 0 Å². The molecule has 1 saturated carbocycles. The summed E-state index contributed by atoms with van der Waals surface area (Å²) in [4.78, 5) is 8.86. The number of unbranched alkanes of at least 4 members (excludes halogenated alkanes) is 7. The number of benzene rings is 1. The van der Waals surface area contributed by atoms with Crippen molar-refractivity contribution in [1.29, 1.82) is 0 Å². The summed E-state index contributed by atoms with van der Waals surface area (Å²) >= 11 is 0. The Morgan fingerprint density at radius 1 is 0.812 bits per heavy atom. The number of aryl methyl sites for hydroxylation is 1. The predicted octanol–water partition coefficient (Wildman–Crippen LogP) is 9.04. The summed E-state index contributed by atoms with van der Waals surface area (Å²) in [6, 6.07) is 8.33. The molecule has 1 fully saturated rings. The van der Waals surface area contributed by atoms with Crippen LogP contribution in [0.4, 0.5) is 4.39 Å². The Labute approximate surface area is 195 Å². The molecule has 0 unspecified atom stereocenters. The molecule has 1 aromatic carbocycles. The monoisotopic (exact) mass is 438 g/mol. The Bertz CT molecular complexity index is 778. The van der Waals surface area contributed by atoms with Crippen LogP contribution in [-0.2, 0) is 6.42 Å². The topological polar surface area (TPSA) is 25.8 Å². The normalized spacial score (nSPS) is 18.7. The Morgan fingerprint density at radius 3 is 2.09 bits per heavy atom. The van der Waals surface area contributed by atoms with Gasteiger partial charge in [-0.05, 0) is 55.6 Å². The SMILES string of the molecule is CCCCCCCCCCc1ccc(-c2cnc(C3CCC(CCC)CC3)nc2F)cc1. The summed E-state index contributed by atoms with van der Waals surface area (Å²) in [5, 5.41) is 0. The van der Waals surface area contributed by atoms with Crippen molar-refractivity contribution in [2.75, 3.05) is 0 Å². The van der Waals surface area contributed by atoms with Crippen LogP contribution in [0.3, 0.4) is 0 Å². The van der Waals surface area contributed by atoms with Gasteiger partial charge in [-0.3, -0.25) is 0 Å². The first-order chi connectivity index (χ1) is 15.7. The van der Waals surface area contributed by atoms with E-state index in [0.29, 0.717) is 17.3 Å². The zero-order chi connectivity index (χ0) is 22.6. The van der Waals surface area contributed by atoms with Crippen LogP contribution in [0.1, 0.15) is 121 Å². The van der Waals surface area contributed by atoms with Crippen molar-refractivity contribution >= 4 is 0 Å². The smallest absolute Gasteiger partial charge is 0.224 e. The molecule has 0 aliphatic heterocycles. The quantitative estimate of drug-likeness (QED) is 0.230. The minimum absolute atomic E-state index is 0.320. The molecule has 2 nitrogen and oxygen atoms in total. The fourth-order valence-corrected chi connectivity index (χ4v) is 5.20. The minimum atomic E-state index is -0.374. The molecule has 0 N–H and O–H groups in total. The van der Waals surface area contributed by atoms with Crippen LogP contribution in [-0.4, -0.2) is 9.97 Å². The summed E-state index contributed by atoms with van der Waals surface area (Å²) < 4.78 is 14.8. The third-order valence-corrected chi connectivity index (χ3v) is 7.25. The van der Waals surface area contributed by atoms with Gasteiger partial charge in [0.1, 0.15) is 5.82 Å². The van der Waals surface area contributed by atoms with E-state index in [1.54, 1.807) is 6.20 Å². The second-order valence-electron chi connectivity index (χ2n) is 9.86. The Balaban J connectivity index is 1.46. The standard InChI is InChI=1S/C29H43FN2/c1-3-5-6-7-8-9-10-11-13-24-14-18-25(19-15-24)27-22-31-29(32-28(27)30)26-20-16-23(12-4-2)17-21-26/h14-15,18-19,22-23,26H,3-13,16-17,20-21H2,1-2H3. The first kappa shape index (κ1) is 24.9. The molecule has 0 spiro atoms. The molecule has 0 saturated heterocycles. The lowest BCUT2D eigenvalue weighted by Crippen LogP contribution is -2.16. The van der Waals surface area contributed by atoms with E-state index in [4.69, 9.17) is 0 Å². The molecule has 32 heavy (non-hydrogen) atoms. The lowest BCUT2D eigenvalue weighted by Gasteiger charge is -2.27. The largest absolute Gasteiger partial charge is 0.240 e. The molecule has 0 radical (unpaired) electrons. The Morgan fingerprint density at radius 2 is 1.47 bits per heavy atom. The van der Waals surface area contributed by atoms with Gasteiger partial charge in [-0.2, -0.15) is 4.39 Å². The van der Waals surface area contributed by atoms with E-state index in [-0.39, 0.29) is 5.95 Å². The van der Waals surface area contributed by atoms with Crippen LogP contribution in [0.2, 0.25) is 0 Å². The molecule has 1 aromatic heterocycles. The van der Waals surface area contributed by atoms with Crippen LogP contribution < -0.4 is 0 Å². The van der Waals surface area contributed by atoms with Crippen molar-refractivity contribution in [2.24, 2.45) is 5.92 Å². The van der Waals surface area contributed by atoms with Gasteiger partial charge >= 0.3 is 0 Å². The zero-order valence-electron chi connectivity index (χ0n) is 20.4. The number of hydrogen-bond donors (Lipinski definition) is 0. The molecular formula is C29H43FN2. The first-order valence-corrected chi connectivity index (χ1v) is 13.3. The average Bonchev–Trinajstić information content (AvgIpc) is 2.82. The molecule has 3 rings (SSSR count). The fourth-order valence-electron chi connectivity index (χ4n) is 5.20. The van der Waals surface area contributed by atoms with Crippen LogP contribution in [0.15, 0.2) is 30.5 Å². The summed E-state index contributed by atoms with van der Waals surface area (Å²) in [6.45, 7) is 4.52. The van der Waals surface area contributed by atoms with E-state index in [2.05, 4.69) is 35.9 Å². The van der Waals surface area contributed by atoms with E-state index in [1.807, 2.05) is 12.1 Å². The lowest BCUT2D eigenvalue weighted by atomic mass is 9.80. The molecule has 1 aliphatic carbocycles. The third-order valence-electron chi connectivity index (χ3n) is 7.25. The predicted molar refractivity (Wildman–Crippen MR) is 133 cm³/mol. The molecule has 0 bridgehead atoms. The van der Waals surface area contributed by atoms with Gasteiger partial charge in [-0.1, -0.05) is 95.9 Å². The van der Waals surface area contributed by atoms with Gasteiger partial charge < -0.3 is 0 Å². The van der Waals surface area contributed by atoms with Gasteiger partial charge in [0.15, 0.2) is 0 Å². The zero-order valence-corrected chi connectivity index (χ0v) is 20.4. The number of rotatable bonds is 13. The van der Waals surface area contributed by atoms with Gasteiger partial charge in [0.05, 0.1) is 5.56 Å². The second kappa shape index (κ2) is 13.7. The van der Waals surface area contributed by atoms with Crippen molar-refractivity contribution in [1.82, 2.24) is 9.97 Å². The maximum Gasteiger partial charge on any atom is 0.224 e. The highest BCUT2D eigenvalue weighted by Gasteiger charge is 2.24.